The summed E-state index contributed by atoms with van der Waals surface area (Å²) in [6.45, 7) is 5.93. The van der Waals surface area contributed by atoms with E-state index < -0.39 is 0 Å². The normalized spacial score (nSPS) is 23.5. The van der Waals surface area contributed by atoms with Crippen molar-refractivity contribution in [3.05, 3.63) is 16.4 Å². The number of aryl methyl sites for hydroxylation is 2. The van der Waals surface area contributed by atoms with Crippen LogP contribution in [0.5, 0.6) is 0 Å². The van der Waals surface area contributed by atoms with E-state index in [4.69, 9.17) is 11.6 Å². The lowest BCUT2D eigenvalue weighted by atomic mass is 10.0. The number of carbonyl (C=O) groups excluding carboxylic acids is 1. The number of aromatic nitrogens is 2. The van der Waals surface area contributed by atoms with E-state index in [0.717, 1.165) is 74.7 Å². The summed E-state index contributed by atoms with van der Waals surface area (Å²) in [6, 6.07) is 0.379. The first kappa shape index (κ1) is 15.8. The highest BCUT2D eigenvalue weighted by molar-refractivity contribution is 6.30. The summed E-state index contributed by atoms with van der Waals surface area (Å²) in [5.74, 6) is 0.334. The van der Waals surface area contributed by atoms with Crippen LogP contribution in [0.1, 0.15) is 43.9 Å². The maximum Gasteiger partial charge on any atom is 0.222 e. The largest absolute Gasteiger partial charge is 0.338 e. The topological polar surface area (TPSA) is 41.4 Å². The molecule has 0 saturated carbocycles. The van der Waals surface area contributed by atoms with Gasteiger partial charge in [0, 0.05) is 44.7 Å². The molecule has 0 unspecified atom stereocenters. The van der Waals surface area contributed by atoms with Gasteiger partial charge in [0.15, 0.2) is 0 Å². The predicted octanol–water partition coefficient (Wildman–Crippen LogP) is 2.22. The number of carbonyl (C=O) groups is 1. The molecule has 0 bridgehead atoms. The van der Waals surface area contributed by atoms with Gasteiger partial charge in [0.05, 0.1) is 5.69 Å². The van der Waals surface area contributed by atoms with Crippen molar-refractivity contribution in [3.8, 4) is 0 Å². The van der Waals surface area contributed by atoms with Crippen molar-refractivity contribution in [2.75, 3.05) is 19.6 Å². The Morgan fingerprint density at radius 3 is 2.82 bits per heavy atom. The number of nitrogens with zero attached hydrogens (tertiary/aromatic N) is 4. The molecule has 3 heterocycles. The van der Waals surface area contributed by atoms with E-state index in [1.165, 1.54) is 0 Å². The van der Waals surface area contributed by atoms with Crippen LogP contribution in [0.4, 0.5) is 0 Å². The van der Waals surface area contributed by atoms with Gasteiger partial charge in [0.2, 0.25) is 5.91 Å². The van der Waals surface area contributed by atoms with Crippen LogP contribution >= 0.6 is 11.6 Å². The second-order valence-corrected chi connectivity index (χ2v) is 6.77. The minimum Gasteiger partial charge on any atom is -0.338 e. The fourth-order valence-corrected chi connectivity index (χ4v) is 3.95. The second-order valence-electron chi connectivity index (χ2n) is 6.42. The molecule has 6 heteroatoms. The van der Waals surface area contributed by atoms with Crippen molar-refractivity contribution >= 4 is 17.5 Å². The molecule has 0 radical (unpaired) electrons. The molecule has 22 heavy (non-hydrogen) atoms. The van der Waals surface area contributed by atoms with Crippen LogP contribution in [0.25, 0.3) is 0 Å². The van der Waals surface area contributed by atoms with Crippen LogP contribution in [0, 0.1) is 0 Å². The molecule has 2 aliphatic heterocycles. The van der Waals surface area contributed by atoms with Gasteiger partial charge >= 0.3 is 0 Å². The molecule has 122 valence electrons. The molecule has 0 spiro atoms. The number of rotatable bonds is 4. The Morgan fingerprint density at radius 2 is 2.14 bits per heavy atom. The fourth-order valence-electron chi connectivity index (χ4n) is 3.75. The van der Waals surface area contributed by atoms with Crippen molar-refractivity contribution in [2.45, 2.75) is 51.6 Å². The van der Waals surface area contributed by atoms with E-state index in [-0.39, 0.29) is 0 Å². The van der Waals surface area contributed by atoms with Gasteiger partial charge in [-0.15, -0.1) is 0 Å². The van der Waals surface area contributed by atoms with Crippen molar-refractivity contribution in [1.29, 1.82) is 0 Å². The zero-order chi connectivity index (χ0) is 15.7. The Balaban J connectivity index is 1.69. The summed E-state index contributed by atoms with van der Waals surface area (Å²) in [7, 11) is 1.90. The Bertz CT molecular complexity index is 557. The van der Waals surface area contributed by atoms with Gasteiger partial charge in [0.25, 0.3) is 0 Å². The number of amides is 1. The maximum absolute atomic E-state index is 12.0. The summed E-state index contributed by atoms with van der Waals surface area (Å²) in [5.41, 5.74) is 2.24. The molecule has 0 aliphatic carbocycles. The molecule has 1 amide bonds. The van der Waals surface area contributed by atoms with Crippen LogP contribution in [0.2, 0.25) is 5.15 Å². The van der Waals surface area contributed by atoms with Crippen LogP contribution in [0.3, 0.4) is 0 Å². The van der Waals surface area contributed by atoms with E-state index in [2.05, 4.69) is 21.8 Å². The van der Waals surface area contributed by atoms with Crippen molar-refractivity contribution in [3.63, 3.8) is 0 Å². The van der Waals surface area contributed by atoms with Gasteiger partial charge in [-0.25, -0.2) is 0 Å². The first-order valence-corrected chi connectivity index (χ1v) is 8.70. The van der Waals surface area contributed by atoms with Crippen LogP contribution in [-0.4, -0.2) is 51.2 Å². The first-order chi connectivity index (χ1) is 10.6. The summed E-state index contributed by atoms with van der Waals surface area (Å²) in [4.78, 5) is 16.5. The highest BCUT2D eigenvalue weighted by Crippen LogP contribution is 2.26. The van der Waals surface area contributed by atoms with Crippen molar-refractivity contribution in [2.24, 2.45) is 7.05 Å². The average molecular weight is 325 g/mol. The predicted molar refractivity (Wildman–Crippen MR) is 86.8 cm³/mol. The lowest BCUT2D eigenvalue weighted by Crippen LogP contribution is -2.48. The first-order valence-electron chi connectivity index (χ1n) is 8.32. The second kappa shape index (κ2) is 6.59. The van der Waals surface area contributed by atoms with E-state index in [9.17, 15) is 4.79 Å². The number of hydrogen-bond donors (Lipinski definition) is 0. The van der Waals surface area contributed by atoms with E-state index >= 15 is 0 Å². The third-order valence-electron chi connectivity index (χ3n) is 4.90. The smallest absolute Gasteiger partial charge is 0.222 e. The molecule has 2 aliphatic rings. The third-order valence-corrected chi connectivity index (χ3v) is 5.37. The van der Waals surface area contributed by atoms with Crippen molar-refractivity contribution < 1.29 is 4.79 Å². The van der Waals surface area contributed by atoms with E-state index in [0.29, 0.717) is 11.9 Å². The van der Waals surface area contributed by atoms with Gasteiger partial charge in [-0.2, -0.15) is 5.10 Å². The summed E-state index contributed by atoms with van der Waals surface area (Å²) < 4.78 is 1.77. The summed E-state index contributed by atoms with van der Waals surface area (Å²) >= 11 is 6.41. The van der Waals surface area contributed by atoms with Gasteiger partial charge in [0.1, 0.15) is 5.15 Å². The molecule has 1 aromatic rings. The van der Waals surface area contributed by atoms with E-state index in [1.807, 2.05) is 7.05 Å². The molecule has 1 aromatic heterocycles. The van der Waals surface area contributed by atoms with Gasteiger partial charge in [-0.3, -0.25) is 14.4 Å². The number of hydrogen-bond acceptors (Lipinski definition) is 3. The molecule has 0 N–H and O–H groups in total. The van der Waals surface area contributed by atoms with Gasteiger partial charge in [-0.05, 0) is 32.2 Å². The van der Waals surface area contributed by atoms with Gasteiger partial charge < -0.3 is 4.90 Å². The molecule has 1 atom stereocenters. The molecule has 3 rings (SSSR count). The number of likely N-dealkylation sites (tertiary alicyclic amines) is 2. The highest BCUT2D eigenvalue weighted by atomic mass is 35.5. The zero-order valence-corrected chi connectivity index (χ0v) is 14.3. The number of piperidine rings is 1. The molecular weight excluding hydrogens is 300 g/mol. The molecule has 2 saturated heterocycles. The minimum atomic E-state index is 0.334. The number of halogens is 1. The van der Waals surface area contributed by atoms with Crippen LogP contribution in [0.15, 0.2) is 0 Å². The van der Waals surface area contributed by atoms with Crippen molar-refractivity contribution in [1.82, 2.24) is 19.6 Å². The minimum absolute atomic E-state index is 0.334. The molecule has 2 fully saturated rings. The fraction of sp³-hybridized carbons (Fsp3) is 0.750. The maximum atomic E-state index is 12.0. The Kier molecular flexibility index (Phi) is 4.73. The average Bonchev–Trinajstić information content (AvgIpc) is 3.06. The monoisotopic (exact) mass is 324 g/mol. The summed E-state index contributed by atoms with van der Waals surface area (Å²) in [6.07, 6.45) is 4.92. The zero-order valence-electron chi connectivity index (χ0n) is 13.5. The Hall–Kier alpha value is -1.07. The summed E-state index contributed by atoms with van der Waals surface area (Å²) in [5, 5.41) is 5.24. The van der Waals surface area contributed by atoms with Gasteiger partial charge in [-0.1, -0.05) is 18.5 Å². The third kappa shape index (κ3) is 3.01. The lowest BCUT2D eigenvalue weighted by molar-refractivity contribution is -0.130. The Morgan fingerprint density at radius 1 is 1.32 bits per heavy atom. The molecule has 0 aromatic carbocycles. The standard InChI is InChI=1S/C16H25ClN4O/c1-3-14-13(16(17)19(2)18-14)11-20-8-4-6-12(10-20)21-9-5-7-15(21)22/h12H,3-11H2,1-2H3/t12-/m0/s1. The van der Waals surface area contributed by atoms with Crippen LogP contribution in [-0.2, 0) is 24.8 Å². The quantitative estimate of drug-likeness (QED) is 0.853. The molecule has 5 nitrogen and oxygen atoms in total. The molecular formula is C16H25ClN4O. The Labute approximate surface area is 137 Å². The lowest BCUT2D eigenvalue weighted by Gasteiger charge is -2.37. The van der Waals surface area contributed by atoms with Crippen LogP contribution < -0.4 is 0 Å². The van der Waals surface area contributed by atoms with E-state index in [1.54, 1.807) is 4.68 Å². The SMILES string of the molecule is CCc1nn(C)c(Cl)c1CN1CCC[C@H](N2CCCC2=O)C1. The highest BCUT2D eigenvalue weighted by Gasteiger charge is 2.31.